The van der Waals surface area contributed by atoms with E-state index in [0.717, 1.165) is 25.7 Å². The van der Waals surface area contributed by atoms with Gasteiger partial charge in [0.2, 0.25) is 5.91 Å². The van der Waals surface area contributed by atoms with Crippen molar-refractivity contribution < 1.29 is 9.59 Å². The van der Waals surface area contributed by atoms with Gasteiger partial charge < -0.3 is 15.5 Å². The maximum absolute atomic E-state index is 12.3. The Balaban J connectivity index is 1.43. The number of nitrogens with zero attached hydrogens (tertiary/aromatic N) is 1. The number of amides is 3. The van der Waals surface area contributed by atoms with Crippen molar-refractivity contribution in [3.63, 3.8) is 0 Å². The highest BCUT2D eigenvalue weighted by Crippen LogP contribution is 2.34. The lowest BCUT2D eigenvalue weighted by molar-refractivity contribution is -0.121. The molecule has 1 saturated carbocycles. The lowest BCUT2D eigenvalue weighted by Gasteiger charge is -2.25. The van der Waals surface area contributed by atoms with E-state index in [2.05, 4.69) is 22.8 Å². The molecule has 2 aliphatic carbocycles. The number of hydrogen-bond donors (Lipinski definition) is 2. The van der Waals surface area contributed by atoms with E-state index in [4.69, 9.17) is 0 Å². The second kappa shape index (κ2) is 7.69. The van der Waals surface area contributed by atoms with Crippen LogP contribution in [0.5, 0.6) is 0 Å². The van der Waals surface area contributed by atoms with E-state index in [-0.39, 0.29) is 18.0 Å². The fraction of sp³-hybridized carbons (Fsp3) is 0.579. The van der Waals surface area contributed by atoms with Crippen LogP contribution in [0, 0.1) is 0 Å². The van der Waals surface area contributed by atoms with Crippen LogP contribution in [0.2, 0.25) is 0 Å². The van der Waals surface area contributed by atoms with Crippen molar-refractivity contribution in [2.24, 2.45) is 0 Å². The first-order valence-corrected chi connectivity index (χ1v) is 9.03. The minimum absolute atomic E-state index is 0.0380. The van der Waals surface area contributed by atoms with E-state index in [1.54, 1.807) is 4.90 Å². The Bertz CT molecular complexity index is 596. The van der Waals surface area contributed by atoms with Gasteiger partial charge in [0.15, 0.2) is 0 Å². The molecule has 0 spiro atoms. The Morgan fingerprint density at radius 1 is 1.17 bits per heavy atom. The Morgan fingerprint density at radius 2 is 1.92 bits per heavy atom. The van der Waals surface area contributed by atoms with Crippen LogP contribution in [0.15, 0.2) is 24.3 Å². The molecule has 0 radical (unpaired) electrons. The van der Waals surface area contributed by atoms with E-state index in [1.807, 2.05) is 19.2 Å². The van der Waals surface area contributed by atoms with Crippen LogP contribution in [-0.2, 0) is 11.2 Å². The highest BCUT2D eigenvalue weighted by Gasteiger charge is 2.28. The van der Waals surface area contributed by atoms with Crippen molar-refractivity contribution in [1.82, 2.24) is 15.5 Å². The van der Waals surface area contributed by atoms with Gasteiger partial charge in [-0.15, -0.1) is 0 Å². The monoisotopic (exact) mass is 329 g/mol. The maximum atomic E-state index is 12.3. The first-order valence-electron chi connectivity index (χ1n) is 9.03. The lowest BCUT2D eigenvalue weighted by Crippen LogP contribution is -2.41. The van der Waals surface area contributed by atoms with E-state index in [9.17, 15) is 9.59 Å². The molecule has 3 amide bonds. The molecule has 1 fully saturated rings. The molecule has 2 N–H and O–H groups in total. The Kier molecular flexibility index (Phi) is 5.38. The van der Waals surface area contributed by atoms with Gasteiger partial charge in [0, 0.05) is 26.1 Å². The molecule has 5 heteroatoms. The number of urea groups is 1. The summed E-state index contributed by atoms with van der Waals surface area (Å²) in [5.74, 6) is 0.0380. The molecule has 0 unspecified atom stereocenters. The van der Waals surface area contributed by atoms with Gasteiger partial charge in [-0.25, -0.2) is 4.79 Å². The van der Waals surface area contributed by atoms with E-state index in [0.29, 0.717) is 19.0 Å². The second-order valence-electron chi connectivity index (χ2n) is 6.90. The topological polar surface area (TPSA) is 61.4 Å². The summed E-state index contributed by atoms with van der Waals surface area (Å²) in [6, 6.07) is 8.67. The summed E-state index contributed by atoms with van der Waals surface area (Å²) in [7, 11) is 1.83. The number of fused-ring (bicyclic) bond motifs is 1. The highest BCUT2D eigenvalue weighted by molar-refractivity contribution is 5.78. The first kappa shape index (κ1) is 16.8. The predicted octanol–water partition coefficient (Wildman–Crippen LogP) is 2.76. The van der Waals surface area contributed by atoms with Gasteiger partial charge >= 0.3 is 6.03 Å². The van der Waals surface area contributed by atoms with E-state index in [1.165, 1.54) is 24.0 Å². The van der Waals surface area contributed by atoms with Gasteiger partial charge in [-0.3, -0.25) is 4.79 Å². The van der Waals surface area contributed by atoms with Crippen LogP contribution >= 0.6 is 0 Å². The largest absolute Gasteiger partial charge is 0.353 e. The van der Waals surface area contributed by atoms with E-state index < -0.39 is 0 Å². The van der Waals surface area contributed by atoms with Gasteiger partial charge in [-0.1, -0.05) is 37.1 Å². The standard InChI is InChI=1S/C19H27N3O2/c1-22(17-11-10-14-6-2-5-9-16(14)17)19(24)20-13-12-18(23)21-15-7-3-4-8-15/h2,5-6,9,15,17H,3-4,7-8,10-13H2,1H3,(H,20,24)(H,21,23)/t17-/m1/s1. The molecule has 2 aliphatic rings. The molecule has 24 heavy (non-hydrogen) atoms. The Morgan fingerprint density at radius 3 is 2.71 bits per heavy atom. The summed E-state index contributed by atoms with van der Waals surface area (Å²) >= 11 is 0. The van der Waals surface area contributed by atoms with Crippen LogP contribution in [0.1, 0.15) is 55.7 Å². The number of nitrogens with one attached hydrogen (secondary N) is 2. The van der Waals surface area contributed by atoms with Crippen LogP contribution in [0.3, 0.4) is 0 Å². The summed E-state index contributed by atoms with van der Waals surface area (Å²) in [5.41, 5.74) is 2.58. The lowest BCUT2D eigenvalue weighted by atomic mass is 10.1. The molecule has 0 bridgehead atoms. The van der Waals surface area contributed by atoms with Gasteiger partial charge in [0.05, 0.1) is 6.04 Å². The zero-order chi connectivity index (χ0) is 16.9. The molecule has 130 valence electrons. The molecule has 1 aromatic carbocycles. The van der Waals surface area contributed by atoms with Crippen LogP contribution in [0.25, 0.3) is 0 Å². The molecule has 0 aliphatic heterocycles. The average molecular weight is 329 g/mol. The zero-order valence-corrected chi connectivity index (χ0v) is 14.4. The zero-order valence-electron chi connectivity index (χ0n) is 14.4. The summed E-state index contributed by atoms with van der Waals surface area (Å²) in [5, 5.41) is 5.92. The molecular formula is C19H27N3O2. The summed E-state index contributed by atoms with van der Waals surface area (Å²) in [6.45, 7) is 0.385. The van der Waals surface area contributed by atoms with Gasteiger partial charge in [-0.05, 0) is 36.8 Å². The number of hydrogen-bond acceptors (Lipinski definition) is 2. The number of carbonyl (C=O) groups excluding carboxylic acids is 2. The smallest absolute Gasteiger partial charge is 0.317 e. The number of rotatable bonds is 5. The number of carbonyl (C=O) groups is 2. The molecule has 5 nitrogen and oxygen atoms in total. The number of benzene rings is 1. The Hall–Kier alpha value is -2.04. The third kappa shape index (κ3) is 3.89. The van der Waals surface area contributed by atoms with Crippen molar-refractivity contribution in [1.29, 1.82) is 0 Å². The third-order valence-electron chi connectivity index (χ3n) is 5.24. The quantitative estimate of drug-likeness (QED) is 0.872. The van der Waals surface area contributed by atoms with Crippen molar-refractivity contribution in [3.8, 4) is 0 Å². The van der Waals surface area contributed by atoms with Crippen molar-refractivity contribution in [2.75, 3.05) is 13.6 Å². The predicted molar refractivity (Wildman–Crippen MR) is 93.7 cm³/mol. The SMILES string of the molecule is CN(C(=O)NCCC(=O)NC1CCCC1)[C@@H]1CCc2ccccc21. The average Bonchev–Trinajstić information content (AvgIpc) is 3.23. The molecule has 0 saturated heterocycles. The molecule has 1 aromatic rings. The minimum atomic E-state index is -0.106. The summed E-state index contributed by atoms with van der Waals surface area (Å²) in [6.07, 6.45) is 6.90. The number of aryl methyl sites for hydroxylation is 1. The maximum Gasteiger partial charge on any atom is 0.317 e. The van der Waals surface area contributed by atoms with Crippen LogP contribution in [0.4, 0.5) is 4.79 Å². The van der Waals surface area contributed by atoms with Gasteiger partial charge in [-0.2, -0.15) is 0 Å². The highest BCUT2D eigenvalue weighted by atomic mass is 16.2. The third-order valence-corrected chi connectivity index (χ3v) is 5.24. The molecule has 3 rings (SSSR count). The van der Waals surface area contributed by atoms with Crippen molar-refractivity contribution in [3.05, 3.63) is 35.4 Å². The fourth-order valence-corrected chi connectivity index (χ4v) is 3.86. The molecule has 0 heterocycles. The minimum Gasteiger partial charge on any atom is -0.353 e. The second-order valence-corrected chi connectivity index (χ2v) is 6.90. The normalized spacial score (nSPS) is 19.8. The first-order chi connectivity index (χ1) is 11.6. The fourth-order valence-electron chi connectivity index (χ4n) is 3.86. The van der Waals surface area contributed by atoms with Crippen molar-refractivity contribution in [2.45, 2.75) is 57.0 Å². The van der Waals surface area contributed by atoms with Gasteiger partial charge in [0.25, 0.3) is 0 Å². The summed E-state index contributed by atoms with van der Waals surface area (Å²) in [4.78, 5) is 26.0. The van der Waals surface area contributed by atoms with Crippen LogP contribution < -0.4 is 10.6 Å². The van der Waals surface area contributed by atoms with Gasteiger partial charge in [0.1, 0.15) is 0 Å². The molecule has 1 atom stereocenters. The van der Waals surface area contributed by atoms with Crippen molar-refractivity contribution >= 4 is 11.9 Å². The Labute approximate surface area is 143 Å². The van der Waals surface area contributed by atoms with Crippen LogP contribution in [-0.4, -0.2) is 36.5 Å². The molecule has 0 aromatic heterocycles. The summed E-state index contributed by atoms with van der Waals surface area (Å²) < 4.78 is 0. The van der Waals surface area contributed by atoms with E-state index >= 15 is 0 Å². The molecular weight excluding hydrogens is 302 g/mol.